The van der Waals surface area contributed by atoms with Crippen molar-refractivity contribution in [2.75, 3.05) is 0 Å². The number of carbonyl (C=O) groups is 1. The van der Waals surface area contributed by atoms with Gasteiger partial charge >= 0.3 is 0 Å². The number of hydrogen-bond acceptors (Lipinski definition) is 3. The molecule has 3 aromatic rings. The number of nitrogens with one attached hydrogen (secondary N) is 1. The Morgan fingerprint density at radius 2 is 1.88 bits per heavy atom. The van der Waals surface area contributed by atoms with E-state index in [4.69, 9.17) is 4.74 Å². The summed E-state index contributed by atoms with van der Waals surface area (Å²) in [6.07, 6.45) is 1.60. The Labute approximate surface area is 158 Å². The van der Waals surface area contributed by atoms with Gasteiger partial charge in [0.25, 0.3) is 5.91 Å². The number of aromatic nitrogens is 1. The van der Waals surface area contributed by atoms with Crippen LogP contribution in [0.5, 0.6) is 11.6 Å². The minimum Gasteiger partial charge on any atom is -0.439 e. The number of pyridine rings is 1. The highest BCUT2D eigenvalue weighted by Crippen LogP contribution is 2.20. The normalized spacial score (nSPS) is 10.3. The van der Waals surface area contributed by atoms with Crippen molar-refractivity contribution >= 4 is 28.5 Å². The van der Waals surface area contributed by atoms with Gasteiger partial charge in [0.05, 0.1) is 5.56 Å². The summed E-state index contributed by atoms with van der Waals surface area (Å²) in [5, 5.41) is 2.88. The lowest BCUT2D eigenvalue weighted by molar-refractivity contribution is 0.0950. The number of nitrogens with zero attached hydrogens (tertiary/aromatic N) is 1. The summed E-state index contributed by atoms with van der Waals surface area (Å²) < 4.78 is 19.4. The van der Waals surface area contributed by atoms with Crippen molar-refractivity contribution in [2.45, 2.75) is 6.54 Å². The van der Waals surface area contributed by atoms with Crippen molar-refractivity contribution in [3.63, 3.8) is 0 Å². The highest BCUT2D eigenvalue weighted by Gasteiger charge is 2.09. The van der Waals surface area contributed by atoms with Crippen molar-refractivity contribution in [1.82, 2.24) is 10.3 Å². The molecule has 0 unspecified atom stereocenters. The van der Waals surface area contributed by atoms with Crippen LogP contribution >= 0.6 is 22.6 Å². The molecule has 0 saturated heterocycles. The fourth-order valence-corrected chi connectivity index (χ4v) is 2.79. The largest absolute Gasteiger partial charge is 0.439 e. The van der Waals surface area contributed by atoms with E-state index in [2.05, 4.69) is 32.9 Å². The first-order chi connectivity index (χ1) is 12.1. The van der Waals surface area contributed by atoms with Gasteiger partial charge in [0.1, 0.15) is 11.6 Å². The van der Waals surface area contributed by atoms with E-state index in [0.29, 0.717) is 23.7 Å². The van der Waals surface area contributed by atoms with Crippen LogP contribution in [0.25, 0.3) is 0 Å². The van der Waals surface area contributed by atoms with Gasteiger partial charge in [-0.25, -0.2) is 9.37 Å². The van der Waals surface area contributed by atoms with Crippen molar-refractivity contribution in [1.29, 1.82) is 0 Å². The average Bonchev–Trinajstić information content (AvgIpc) is 2.62. The lowest BCUT2D eigenvalue weighted by Gasteiger charge is -2.09. The second-order valence-corrected chi connectivity index (χ2v) is 6.38. The van der Waals surface area contributed by atoms with Crippen molar-refractivity contribution in [3.05, 3.63) is 87.4 Å². The molecule has 1 amide bonds. The molecule has 126 valence electrons. The maximum Gasteiger partial charge on any atom is 0.252 e. The van der Waals surface area contributed by atoms with Gasteiger partial charge < -0.3 is 10.1 Å². The Bertz CT molecular complexity index is 885. The van der Waals surface area contributed by atoms with Crippen molar-refractivity contribution in [2.24, 2.45) is 0 Å². The molecular weight excluding hydrogens is 434 g/mol. The van der Waals surface area contributed by atoms with Crippen LogP contribution in [0.4, 0.5) is 4.39 Å². The van der Waals surface area contributed by atoms with E-state index in [9.17, 15) is 9.18 Å². The molecule has 25 heavy (non-hydrogen) atoms. The first kappa shape index (κ1) is 17.3. The fraction of sp³-hybridized carbons (Fsp3) is 0.0526. The molecule has 0 aliphatic carbocycles. The highest BCUT2D eigenvalue weighted by atomic mass is 127. The molecule has 0 aliphatic rings. The minimum absolute atomic E-state index is 0.136. The number of ether oxygens (including phenoxy) is 1. The van der Waals surface area contributed by atoms with Crippen LogP contribution in [0.3, 0.4) is 0 Å². The summed E-state index contributed by atoms with van der Waals surface area (Å²) in [4.78, 5) is 16.4. The van der Waals surface area contributed by atoms with Crippen LogP contribution in [0.1, 0.15) is 15.9 Å². The number of benzene rings is 2. The van der Waals surface area contributed by atoms with E-state index in [1.54, 1.807) is 24.4 Å². The van der Waals surface area contributed by atoms with Crippen LogP contribution in [0.15, 0.2) is 66.9 Å². The molecule has 1 aromatic heterocycles. The maximum absolute atomic E-state index is 12.9. The Kier molecular flexibility index (Phi) is 5.60. The van der Waals surface area contributed by atoms with Crippen LogP contribution in [-0.4, -0.2) is 10.9 Å². The molecule has 1 N–H and O–H groups in total. The molecule has 0 aliphatic heterocycles. The molecule has 4 nitrogen and oxygen atoms in total. The second kappa shape index (κ2) is 8.06. The molecule has 0 bridgehead atoms. The van der Waals surface area contributed by atoms with Crippen LogP contribution in [0, 0.1) is 9.39 Å². The van der Waals surface area contributed by atoms with Gasteiger partial charge in [-0.15, -0.1) is 0 Å². The number of halogens is 2. The number of rotatable bonds is 5. The molecule has 0 spiro atoms. The fourth-order valence-electron chi connectivity index (χ4n) is 2.16. The zero-order valence-electron chi connectivity index (χ0n) is 13.1. The number of hydrogen-bond donors (Lipinski definition) is 1. The van der Waals surface area contributed by atoms with E-state index in [-0.39, 0.29) is 11.7 Å². The number of carbonyl (C=O) groups excluding carboxylic acids is 1. The molecule has 0 atom stereocenters. The van der Waals surface area contributed by atoms with Gasteiger partial charge in [-0.3, -0.25) is 4.79 Å². The SMILES string of the molecule is O=C(NCc1ccnc(Oc2ccc(F)cc2)c1)c1ccccc1I. The summed E-state index contributed by atoms with van der Waals surface area (Å²) in [5.41, 5.74) is 1.49. The summed E-state index contributed by atoms with van der Waals surface area (Å²) >= 11 is 2.13. The van der Waals surface area contributed by atoms with E-state index < -0.39 is 0 Å². The lowest BCUT2D eigenvalue weighted by Crippen LogP contribution is -2.23. The van der Waals surface area contributed by atoms with E-state index in [1.165, 1.54) is 24.3 Å². The first-order valence-corrected chi connectivity index (χ1v) is 8.61. The number of amides is 1. The first-order valence-electron chi connectivity index (χ1n) is 7.53. The average molecular weight is 448 g/mol. The van der Waals surface area contributed by atoms with E-state index >= 15 is 0 Å². The Balaban J connectivity index is 1.64. The molecule has 0 fully saturated rings. The van der Waals surface area contributed by atoms with Gasteiger partial charge in [-0.2, -0.15) is 0 Å². The quantitative estimate of drug-likeness (QED) is 0.583. The second-order valence-electron chi connectivity index (χ2n) is 5.22. The summed E-state index contributed by atoms with van der Waals surface area (Å²) in [6.45, 7) is 0.353. The topological polar surface area (TPSA) is 51.2 Å². The minimum atomic E-state index is -0.327. The van der Waals surface area contributed by atoms with Gasteiger partial charge in [-0.05, 0) is 70.6 Å². The maximum atomic E-state index is 12.9. The summed E-state index contributed by atoms with van der Waals surface area (Å²) in [5.74, 6) is 0.414. The predicted octanol–water partition coefficient (Wildman–Crippen LogP) is 4.55. The third-order valence-corrected chi connectivity index (χ3v) is 4.35. The Hall–Kier alpha value is -2.48. The van der Waals surface area contributed by atoms with Gasteiger partial charge in [-0.1, -0.05) is 12.1 Å². The third kappa shape index (κ3) is 4.76. The molecular formula is C19H14FIN2O2. The highest BCUT2D eigenvalue weighted by molar-refractivity contribution is 14.1. The standard InChI is InChI=1S/C19H14FIN2O2/c20-14-5-7-15(8-6-14)25-18-11-13(9-10-22-18)12-23-19(24)16-3-1-2-4-17(16)21/h1-11H,12H2,(H,23,24). The molecule has 0 saturated carbocycles. The van der Waals surface area contributed by atoms with Gasteiger partial charge in [0.2, 0.25) is 5.88 Å². The lowest BCUT2D eigenvalue weighted by atomic mass is 10.2. The Morgan fingerprint density at radius 3 is 2.64 bits per heavy atom. The zero-order chi connectivity index (χ0) is 17.6. The van der Waals surface area contributed by atoms with Gasteiger partial charge in [0, 0.05) is 22.4 Å². The van der Waals surface area contributed by atoms with Crippen LogP contribution in [0.2, 0.25) is 0 Å². The molecule has 2 aromatic carbocycles. The van der Waals surface area contributed by atoms with Crippen LogP contribution < -0.4 is 10.1 Å². The van der Waals surface area contributed by atoms with E-state index in [1.807, 2.05) is 18.2 Å². The molecule has 3 rings (SSSR count). The smallest absolute Gasteiger partial charge is 0.252 e. The van der Waals surface area contributed by atoms with Crippen molar-refractivity contribution < 1.29 is 13.9 Å². The third-order valence-electron chi connectivity index (χ3n) is 3.41. The molecule has 1 heterocycles. The summed E-state index contributed by atoms with van der Waals surface area (Å²) in [6, 6.07) is 16.6. The monoisotopic (exact) mass is 448 g/mol. The zero-order valence-corrected chi connectivity index (χ0v) is 15.2. The summed E-state index contributed by atoms with van der Waals surface area (Å²) in [7, 11) is 0. The molecule has 6 heteroatoms. The van der Waals surface area contributed by atoms with Crippen LogP contribution in [-0.2, 0) is 6.54 Å². The Morgan fingerprint density at radius 1 is 1.12 bits per heavy atom. The van der Waals surface area contributed by atoms with E-state index in [0.717, 1.165) is 9.13 Å². The van der Waals surface area contributed by atoms with Gasteiger partial charge in [0.15, 0.2) is 0 Å². The predicted molar refractivity (Wildman–Crippen MR) is 101 cm³/mol. The molecule has 0 radical (unpaired) electrons. The van der Waals surface area contributed by atoms with Crippen molar-refractivity contribution in [3.8, 4) is 11.6 Å².